The first-order valence-electron chi connectivity index (χ1n) is 11.8. The molecule has 34 heavy (non-hydrogen) atoms. The fourth-order valence-corrected chi connectivity index (χ4v) is 3.98. The van der Waals surface area contributed by atoms with Crippen molar-refractivity contribution in [2.75, 3.05) is 33.4 Å². The van der Waals surface area contributed by atoms with Crippen molar-refractivity contribution < 1.29 is 28.8 Å². The third kappa shape index (κ3) is 7.64. The zero-order valence-electron chi connectivity index (χ0n) is 20.7. The molecule has 7 nitrogen and oxygen atoms in total. The molecular weight excluding hydrogens is 434 g/mol. The van der Waals surface area contributed by atoms with Crippen LogP contribution in [0.3, 0.4) is 0 Å². The Labute approximate surface area is 202 Å². The normalized spacial score (nSPS) is 18.4. The van der Waals surface area contributed by atoms with Crippen molar-refractivity contribution in [1.29, 1.82) is 0 Å². The van der Waals surface area contributed by atoms with Gasteiger partial charge in [0.1, 0.15) is 17.1 Å². The lowest BCUT2D eigenvalue weighted by Gasteiger charge is -2.36. The van der Waals surface area contributed by atoms with Crippen LogP contribution in [-0.4, -0.2) is 61.2 Å². The Bertz CT molecular complexity index is 908. The van der Waals surface area contributed by atoms with Crippen molar-refractivity contribution >= 4 is 6.09 Å². The number of methoxy groups -OCH3 is 1. The van der Waals surface area contributed by atoms with Gasteiger partial charge in [0.2, 0.25) is 0 Å². The highest BCUT2D eigenvalue weighted by Crippen LogP contribution is 2.30. The molecule has 0 unspecified atom stereocenters. The maximum absolute atomic E-state index is 12.3. The molecule has 1 saturated heterocycles. The zero-order chi connectivity index (χ0) is 24.6. The minimum atomic E-state index is -0.631. The number of para-hydroxylation sites is 1. The van der Waals surface area contributed by atoms with Gasteiger partial charge in [0, 0.05) is 24.4 Å². The van der Waals surface area contributed by atoms with Crippen molar-refractivity contribution in [3.63, 3.8) is 0 Å². The number of carbonyl (C=O) groups is 1. The van der Waals surface area contributed by atoms with E-state index < -0.39 is 11.7 Å². The highest BCUT2D eigenvalue weighted by Gasteiger charge is 2.33. The fourth-order valence-electron chi connectivity index (χ4n) is 3.98. The summed E-state index contributed by atoms with van der Waals surface area (Å²) in [5.41, 5.74) is 1.53. The van der Waals surface area contributed by atoms with Gasteiger partial charge in [0.15, 0.2) is 0 Å². The van der Waals surface area contributed by atoms with Crippen molar-refractivity contribution in [2.24, 2.45) is 0 Å². The number of hydrogen-bond acceptors (Lipinski definition) is 6. The molecule has 0 radical (unpaired) electrons. The average Bonchev–Trinajstić information content (AvgIpc) is 2.81. The first kappa shape index (κ1) is 25.8. The Morgan fingerprint density at radius 1 is 1.09 bits per heavy atom. The third-order valence-corrected chi connectivity index (χ3v) is 5.69. The number of piperidine rings is 1. The summed E-state index contributed by atoms with van der Waals surface area (Å²) >= 11 is 0. The van der Waals surface area contributed by atoms with Crippen molar-refractivity contribution in [3.8, 4) is 11.5 Å². The molecule has 1 aliphatic heterocycles. The average molecular weight is 472 g/mol. The van der Waals surface area contributed by atoms with E-state index in [0.29, 0.717) is 32.8 Å². The van der Waals surface area contributed by atoms with E-state index >= 15 is 0 Å². The van der Waals surface area contributed by atoms with Crippen molar-refractivity contribution in [2.45, 2.75) is 57.8 Å². The summed E-state index contributed by atoms with van der Waals surface area (Å²) in [7, 11) is 1.66. The highest BCUT2D eigenvalue weighted by atomic mass is 16.6. The van der Waals surface area contributed by atoms with Gasteiger partial charge < -0.3 is 29.0 Å². The Morgan fingerprint density at radius 2 is 1.82 bits per heavy atom. The van der Waals surface area contributed by atoms with E-state index in [0.717, 1.165) is 29.0 Å². The molecule has 186 valence electrons. The van der Waals surface area contributed by atoms with Crippen LogP contribution < -0.4 is 9.47 Å². The van der Waals surface area contributed by atoms with Gasteiger partial charge in [-0.05, 0) is 51.0 Å². The van der Waals surface area contributed by atoms with Crippen LogP contribution in [-0.2, 0) is 16.1 Å². The molecular formula is C27H37NO6. The predicted molar refractivity (Wildman–Crippen MR) is 130 cm³/mol. The summed E-state index contributed by atoms with van der Waals surface area (Å²) in [4.78, 5) is 13.9. The number of rotatable bonds is 9. The van der Waals surface area contributed by atoms with Crippen molar-refractivity contribution in [1.82, 2.24) is 4.90 Å². The number of carbonyl (C=O) groups excluding carboxylic acids is 1. The number of nitrogens with zero attached hydrogens (tertiary/aromatic N) is 1. The van der Waals surface area contributed by atoms with Gasteiger partial charge in [-0.15, -0.1) is 0 Å². The molecule has 0 spiro atoms. The molecule has 3 rings (SSSR count). The van der Waals surface area contributed by atoms with Crippen LogP contribution in [0.1, 0.15) is 50.7 Å². The molecule has 2 aromatic rings. The lowest BCUT2D eigenvalue weighted by molar-refractivity contribution is -0.00152. The first-order chi connectivity index (χ1) is 16.3. The van der Waals surface area contributed by atoms with Crippen LogP contribution in [0, 0.1) is 0 Å². The van der Waals surface area contributed by atoms with Crippen LogP contribution in [0.5, 0.6) is 11.5 Å². The molecule has 0 bridgehead atoms. The number of aliphatic hydroxyl groups excluding tert-OH is 1. The summed E-state index contributed by atoms with van der Waals surface area (Å²) in [5, 5.41) is 10.6. The maximum atomic E-state index is 12.3. The number of hydrogen-bond donors (Lipinski definition) is 1. The van der Waals surface area contributed by atoms with Gasteiger partial charge in [0.05, 0.1) is 39.6 Å². The molecule has 0 saturated carbocycles. The van der Waals surface area contributed by atoms with E-state index in [1.807, 2.05) is 69.3 Å². The zero-order valence-corrected chi connectivity index (χ0v) is 20.7. The minimum absolute atomic E-state index is 0.0175. The van der Waals surface area contributed by atoms with Crippen LogP contribution >= 0.6 is 0 Å². The van der Waals surface area contributed by atoms with Crippen LogP contribution in [0.4, 0.5) is 4.79 Å². The highest BCUT2D eigenvalue weighted by molar-refractivity contribution is 5.68. The van der Waals surface area contributed by atoms with Gasteiger partial charge in [-0.1, -0.05) is 30.3 Å². The lowest BCUT2D eigenvalue weighted by atomic mass is 9.87. The Balaban J connectivity index is 1.38. The van der Waals surface area contributed by atoms with E-state index in [-0.39, 0.29) is 18.6 Å². The molecule has 2 aromatic carbocycles. The largest absolute Gasteiger partial charge is 0.496 e. The summed E-state index contributed by atoms with van der Waals surface area (Å²) in [5.74, 6) is 1.60. The third-order valence-electron chi connectivity index (χ3n) is 5.69. The van der Waals surface area contributed by atoms with E-state index in [1.54, 1.807) is 12.0 Å². The molecule has 1 N–H and O–H groups in total. The molecule has 1 amide bonds. The quantitative estimate of drug-likeness (QED) is 0.531. The van der Waals surface area contributed by atoms with Gasteiger partial charge in [0.25, 0.3) is 0 Å². The van der Waals surface area contributed by atoms with Crippen LogP contribution in [0.15, 0.2) is 48.5 Å². The second-order valence-electron chi connectivity index (χ2n) is 9.52. The van der Waals surface area contributed by atoms with E-state index in [1.165, 1.54) is 0 Å². The van der Waals surface area contributed by atoms with Crippen molar-refractivity contribution in [3.05, 3.63) is 59.7 Å². The number of likely N-dealkylation sites (tertiary alicyclic amines) is 1. The topological polar surface area (TPSA) is 77.5 Å². The summed E-state index contributed by atoms with van der Waals surface area (Å²) in [6.07, 6.45) is 0.456. The Morgan fingerprint density at radius 3 is 2.50 bits per heavy atom. The second-order valence-corrected chi connectivity index (χ2v) is 9.52. The summed E-state index contributed by atoms with van der Waals surface area (Å²) in [6.45, 7) is 8.01. The number of β-amino-alcohol motifs (C(OH)–C–C–N with tert-alkyl or cyclic N) is 1. The minimum Gasteiger partial charge on any atom is -0.496 e. The second kappa shape index (κ2) is 12.1. The molecule has 0 aliphatic carbocycles. The smallest absolute Gasteiger partial charge is 0.410 e. The first-order valence-corrected chi connectivity index (χ1v) is 11.8. The van der Waals surface area contributed by atoms with Crippen LogP contribution in [0.25, 0.3) is 0 Å². The number of amides is 1. The van der Waals surface area contributed by atoms with E-state index in [9.17, 15) is 9.90 Å². The van der Waals surface area contributed by atoms with E-state index in [2.05, 4.69) is 0 Å². The number of aliphatic hydroxyl groups is 1. The monoisotopic (exact) mass is 471 g/mol. The van der Waals surface area contributed by atoms with Gasteiger partial charge in [-0.2, -0.15) is 0 Å². The molecule has 2 atom stereocenters. The Hall–Kier alpha value is -2.77. The predicted octanol–water partition coefficient (Wildman–Crippen LogP) is 4.77. The lowest BCUT2D eigenvalue weighted by Crippen LogP contribution is -2.47. The SMILES string of the molecule is COc1ccccc1COCCCOc1ccc([C@H]2CCN(C(=O)OC(C)(C)C)C[C@@H]2O)cc1. The van der Waals surface area contributed by atoms with Gasteiger partial charge in [-0.3, -0.25) is 0 Å². The molecule has 0 aromatic heterocycles. The molecule has 1 fully saturated rings. The molecule has 1 aliphatic rings. The Kier molecular flexibility index (Phi) is 9.19. The number of benzene rings is 2. The molecule has 7 heteroatoms. The van der Waals surface area contributed by atoms with E-state index in [4.69, 9.17) is 18.9 Å². The standard InChI is InChI=1S/C27H37NO6/c1-27(2,3)34-26(30)28-15-14-23(24(29)18-28)20-10-12-22(13-11-20)33-17-7-16-32-19-21-8-5-6-9-25(21)31-4/h5-6,8-13,23-24,29H,7,14-19H2,1-4H3/t23-,24+/m1/s1. The summed E-state index contributed by atoms with van der Waals surface area (Å²) < 4.78 is 22.3. The van der Waals surface area contributed by atoms with Crippen LogP contribution in [0.2, 0.25) is 0 Å². The maximum Gasteiger partial charge on any atom is 0.410 e. The van der Waals surface area contributed by atoms with Gasteiger partial charge in [-0.25, -0.2) is 4.79 Å². The fraction of sp³-hybridized carbons (Fsp3) is 0.519. The van der Waals surface area contributed by atoms with Gasteiger partial charge >= 0.3 is 6.09 Å². The molecule has 1 heterocycles. The summed E-state index contributed by atoms with van der Waals surface area (Å²) in [6, 6.07) is 15.7. The number of ether oxygens (including phenoxy) is 4.